The molecule has 98 valence electrons. The van der Waals surface area contributed by atoms with E-state index in [0.29, 0.717) is 6.61 Å². The van der Waals surface area contributed by atoms with Gasteiger partial charge < -0.3 is 4.74 Å². The van der Waals surface area contributed by atoms with E-state index in [-0.39, 0.29) is 18.3 Å². The average molecular weight is 258 g/mol. The predicted octanol–water partition coefficient (Wildman–Crippen LogP) is 3.52. The first-order valence-electron chi connectivity index (χ1n) is 5.79. The summed E-state index contributed by atoms with van der Waals surface area (Å²) < 4.78 is 42.2. The summed E-state index contributed by atoms with van der Waals surface area (Å²) in [5, 5.41) is 0. The van der Waals surface area contributed by atoms with Crippen molar-refractivity contribution in [2.24, 2.45) is 0 Å². The summed E-state index contributed by atoms with van der Waals surface area (Å²) >= 11 is 0. The Balaban J connectivity index is 2.16. The molecule has 1 aliphatic heterocycles. The molecule has 1 aromatic rings. The van der Waals surface area contributed by atoms with Crippen molar-refractivity contribution in [3.05, 3.63) is 35.4 Å². The number of ether oxygens (including phenoxy) is 1. The van der Waals surface area contributed by atoms with Crippen LogP contribution in [0.1, 0.15) is 36.3 Å². The number of esters is 1. The van der Waals surface area contributed by atoms with Crippen LogP contribution in [0.3, 0.4) is 0 Å². The summed E-state index contributed by atoms with van der Waals surface area (Å²) in [5.41, 5.74) is 0.101. The summed E-state index contributed by atoms with van der Waals surface area (Å²) in [7, 11) is 0. The molecule has 1 atom stereocenters. The molecule has 1 aliphatic rings. The molecular formula is C13H13F3O2. The summed E-state index contributed by atoms with van der Waals surface area (Å²) in [6.45, 7) is 0.399. The minimum Gasteiger partial charge on any atom is -0.466 e. The van der Waals surface area contributed by atoms with E-state index in [2.05, 4.69) is 0 Å². The minimum absolute atomic E-state index is 0.0396. The summed E-state index contributed by atoms with van der Waals surface area (Å²) in [6.07, 6.45) is -2.57. The number of halogens is 3. The van der Waals surface area contributed by atoms with Crippen molar-refractivity contribution in [1.82, 2.24) is 0 Å². The van der Waals surface area contributed by atoms with Gasteiger partial charge in [0.1, 0.15) is 0 Å². The lowest BCUT2D eigenvalue weighted by Gasteiger charge is -2.14. The van der Waals surface area contributed by atoms with Crippen LogP contribution in [0.15, 0.2) is 24.3 Å². The lowest BCUT2D eigenvalue weighted by Crippen LogP contribution is -2.07. The predicted molar refractivity (Wildman–Crippen MR) is 59.0 cm³/mol. The molecule has 0 aromatic heterocycles. The molecular weight excluding hydrogens is 245 g/mol. The minimum atomic E-state index is -4.32. The van der Waals surface area contributed by atoms with Crippen LogP contribution in [-0.4, -0.2) is 12.6 Å². The fraction of sp³-hybridized carbons (Fsp3) is 0.462. The average Bonchev–Trinajstić information content (AvgIpc) is 2.53. The van der Waals surface area contributed by atoms with Gasteiger partial charge in [-0.15, -0.1) is 0 Å². The molecule has 2 rings (SSSR count). The molecule has 0 aliphatic carbocycles. The number of carbonyl (C=O) groups excluding carboxylic acids is 1. The van der Waals surface area contributed by atoms with Gasteiger partial charge in [-0.3, -0.25) is 4.79 Å². The van der Waals surface area contributed by atoms with Crippen LogP contribution >= 0.6 is 0 Å². The van der Waals surface area contributed by atoms with Gasteiger partial charge in [-0.25, -0.2) is 0 Å². The van der Waals surface area contributed by atoms with E-state index < -0.39 is 11.7 Å². The highest BCUT2D eigenvalue weighted by molar-refractivity contribution is 5.70. The van der Waals surface area contributed by atoms with Gasteiger partial charge in [0.2, 0.25) is 0 Å². The van der Waals surface area contributed by atoms with Gasteiger partial charge in [0.05, 0.1) is 18.6 Å². The first-order chi connectivity index (χ1) is 8.47. The third-order valence-corrected chi connectivity index (χ3v) is 3.08. The lowest BCUT2D eigenvalue weighted by molar-refractivity contribution is -0.143. The zero-order valence-electron chi connectivity index (χ0n) is 9.67. The number of rotatable bonds is 1. The van der Waals surface area contributed by atoms with E-state index >= 15 is 0 Å². The number of carbonyl (C=O) groups is 1. The van der Waals surface area contributed by atoms with Crippen molar-refractivity contribution >= 4 is 5.97 Å². The Kier molecular flexibility index (Phi) is 3.59. The van der Waals surface area contributed by atoms with Crippen molar-refractivity contribution in [2.75, 3.05) is 6.61 Å². The largest absolute Gasteiger partial charge is 0.466 e. The monoisotopic (exact) mass is 258 g/mol. The van der Waals surface area contributed by atoms with Gasteiger partial charge in [-0.2, -0.15) is 13.2 Å². The molecule has 0 spiro atoms. The van der Waals surface area contributed by atoms with Crippen LogP contribution in [0, 0.1) is 0 Å². The maximum atomic E-state index is 12.4. The van der Waals surface area contributed by atoms with E-state index in [1.807, 2.05) is 0 Å². The Morgan fingerprint density at radius 3 is 2.44 bits per heavy atom. The highest BCUT2D eigenvalue weighted by Crippen LogP contribution is 2.32. The van der Waals surface area contributed by atoms with Gasteiger partial charge in [0.15, 0.2) is 0 Å². The van der Waals surface area contributed by atoms with Crippen molar-refractivity contribution in [2.45, 2.75) is 31.4 Å². The topological polar surface area (TPSA) is 26.3 Å². The van der Waals surface area contributed by atoms with E-state index in [1.165, 1.54) is 12.1 Å². The van der Waals surface area contributed by atoms with Crippen molar-refractivity contribution in [3.63, 3.8) is 0 Å². The zero-order valence-corrected chi connectivity index (χ0v) is 9.67. The smallest absolute Gasteiger partial charge is 0.416 e. The Bertz CT molecular complexity index is 423. The van der Waals surface area contributed by atoms with Crippen LogP contribution in [0.25, 0.3) is 0 Å². The molecule has 2 nitrogen and oxygen atoms in total. The number of alkyl halides is 3. The van der Waals surface area contributed by atoms with Crippen LogP contribution in [0.4, 0.5) is 13.2 Å². The second-order valence-corrected chi connectivity index (χ2v) is 4.38. The molecule has 1 saturated heterocycles. The first kappa shape index (κ1) is 12.9. The third kappa shape index (κ3) is 3.03. The fourth-order valence-corrected chi connectivity index (χ4v) is 2.11. The second-order valence-electron chi connectivity index (χ2n) is 4.38. The van der Waals surface area contributed by atoms with Crippen LogP contribution in [0.5, 0.6) is 0 Å². The molecule has 1 heterocycles. The Morgan fingerprint density at radius 2 is 1.83 bits per heavy atom. The quantitative estimate of drug-likeness (QED) is 0.720. The molecule has 0 bridgehead atoms. The van der Waals surface area contributed by atoms with Gasteiger partial charge in [-0.05, 0) is 36.5 Å². The molecule has 0 saturated carbocycles. The molecule has 0 amide bonds. The van der Waals surface area contributed by atoms with Crippen molar-refractivity contribution < 1.29 is 22.7 Å². The third-order valence-electron chi connectivity index (χ3n) is 3.08. The normalized spacial score (nSPS) is 21.3. The van der Waals surface area contributed by atoms with E-state index in [4.69, 9.17) is 4.74 Å². The zero-order chi connectivity index (χ0) is 13.2. The highest BCUT2D eigenvalue weighted by atomic mass is 19.4. The Labute approximate surface area is 103 Å². The number of hydrogen-bond donors (Lipinski definition) is 0. The summed E-state index contributed by atoms with van der Waals surface area (Å²) in [4.78, 5) is 11.3. The summed E-state index contributed by atoms with van der Waals surface area (Å²) in [5.74, 6) is -0.320. The van der Waals surface area contributed by atoms with Gasteiger partial charge in [0.25, 0.3) is 0 Å². The second kappa shape index (κ2) is 5.00. The maximum Gasteiger partial charge on any atom is 0.416 e. The standard InChI is InChI=1S/C13H13F3O2/c14-13(15,16)11-5-3-9(4-6-11)10-2-1-7-18-12(17)8-10/h3-6,10H,1-2,7-8H2/t10-/m0/s1. The molecule has 1 aromatic carbocycles. The molecule has 1 fully saturated rings. The van der Waals surface area contributed by atoms with Crippen LogP contribution in [0.2, 0.25) is 0 Å². The molecule has 0 unspecified atom stereocenters. The first-order valence-corrected chi connectivity index (χ1v) is 5.79. The fourth-order valence-electron chi connectivity index (χ4n) is 2.11. The molecule has 18 heavy (non-hydrogen) atoms. The van der Waals surface area contributed by atoms with E-state index in [0.717, 1.165) is 30.5 Å². The Hall–Kier alpha value is -1.52. The van der Waals surface area contributed by atoms with E-state index in [1.54, 1.807) is 0 Å². The van der Waals surface area contributed by atoms with Crippen LogP contribution < -0.4 is 0 Å². The molecule has 0 N–H and O–H groups in total. The van der Waals surface area contributed by atoms with Gasteiger partial charge in [-0.1, -0.05) is 12.1 Å². The summed E-state index contributed by atoms with van der Waals surface area (Å²) in [6, 6.07) is 5.02. The Morgan fingerprint density at radius 1 is 1.17 bits per heavy atom. The number of benzene rings is 1. The number of hydrogen-bond acceptors (Lipinski definition) is 2. The lowest BCUT2D eigenvalue weighted by atomic mass is 9.91. The highest BCUT2D eigenvalue weighted by Gasteiger charge is 2.30. The van der Waals surface area contributed by atoms with Gasteiger partial charge in [0, 0.05) is 0 Å². The molecule has 0 radical (unpaired) electrons. The molecule has 5 heteroatoms. The van der Waals surface area contributed by atoms with E-state index in [9.17, 15) is 18.0 Å². The SMILES string of the molecule is O=C1C[C@@H](c2ccc(C(F)(F)F)cc2)CCCO1. The van der Waals surface area contributed by atoms with Crippen molar-refractivity contribution in [1.29, 1.82) is 0 Å². The maximum absolute atomic E-state index is 12.4. The number of cyclic esters (lactones) is 1. The van der Waals surface area contributed by atoms with Crippen molar-refractivity contribution in [3.8, 4) is 0 Å². The van der Waals surface area contributed by atoms with Gasteiger partial charge >= 0.3 is 12.1 Å². The van der Waals surface area contributed by atoms with Crippen LogP contribution in [-0.2, 0) is 15.7 Å².